The van der Waals surface area contributed by atoms with E-state index < -0.39 is 0 Å². The minimum Gasteiger partial charge on any atom is -0.309 e. The van der Waals surface area contributed by atoms with Crippen LogP contribution in [0.2, 0.25) is 0 Å². The van der Waals surface area contributed by atoms with Gasteiger partial charge in [0, 0.05) is 55.6 Å². The van der Waals surface area contributed by atoms with Gasteiger partial charge in [-0.15, -0.1) is 0 Å². The maximum Gasteiger partial charge on any atom is 0.214 e. The first-order valence-corrected chi connectivity index (χ1v) is 18.1. The number of aromatic nitrogens is 4. The molecule has 0 aliphatic carbocycles. The number of rotatable bonds is 4. The van der Waals surface area contributed by atoms with Gasteiger partial charge in [-0.3, -0.25) is 4.98 Å². The number of fused-ring (bicyclic) bond motifs is 9. The average molecular weight is 701 g/mol. The van der Waals surface area contributed by atoms with Gasteiger partial charge >= 0.3 is 0 Å². The molecule has 0 N–H and O–H groups in total. The molecular formula is C49H28N6. The minimum atomic E-state index is 0.360. The third kappa shape index (κ3) is 4.50. The highest BCUT2D eigenvalue weighted by atomic mass is 15.0. The SMILES string of the molecule is [C-]#[N+]c1cc(C#N)cnc1-c1ccc(-n2c3ccc(-n4c5ccccc5c5ccccc54)cc3c3cc(-n4c5ccccc5c5ccccc54)ccc32)cc1. The summed E-state index contributed by atoms with van der Waals surface area (Å²) < 4.78 is 7.07. The van der Waals surface area contributed by atoms with Crippen molar-refractivity contribution in [1.29, 1.82) is 5.26 Å². The van der Waals surface area contributed by atoms with E-state index in [1.54, 1.807) is 6.07 Å². The highest BCUT2D eigenvalue weighted by Gasteiger charge is 2.19. The van der Waals surface area contributed by atoms with Gasteiger partial charge in [-0.05, 0) is 84.4 Å². The third-order valence-electron chi connectivity index (χ3n) is 10.9. The van der Waals surface area contributed by atoms with Gasteiger partial charge in [-0.2, -0.15) is 5.26 Å². The first kappa shape index (κ1) is 30.7. The van der Waals surface area contributed by atoms with Crippen LogP contribution < -0.4 is 0 Å². The number of pyridine rings is 1. The molecule has 0 saturated carbocycles. The largest absolute Gasteiger partial charge is 0.309 e. The van der Waals surface area contributed by atoms with Gasteiger partial charge in [-0.1, -0.05) is 84.9 Å². The Morgan fingerprint density at radius 2 is 0.855 bits per heavy atom. The van der Waals surface area contributed by atoms with E-state index in [1.165, 1.54) is 49.8 Å². The number of hydrogen-bond donors (Lipinski definition) is 0. The first-order valence-electron chi connectivity index (χ1n) is 18.1. The van der Waals surface area contributed by atoms with Crippen molar-refractivity contribution >= 4 is 71.1 Å². The second-order valence-electron chi connectivity index (χ2n) is 13.8. The smallest absolute Gasteiger partial charge is 0.214 e. The molecule has 0 radical (unpaired) electrons. The molecule has 6 heteroatoms. The van der Waals surface area contributed by atoms with E-state index in [-0.39, 0.29) is 0 Å². The standard InChI is InChI=1S/C49H28N6/c1-51-42-26-31(29-50)30-52-49(42)32-18-20-33(21-19-32)53-47-24-22-34(54-43-14-6-2-10-36(43)37-11-3-7-15-44(37)54)27-40(47)41-28-35(23-25-48(41)53)55-45-16-8-4-12-38(45)39-13-5-9-17-46(39)55/h2-28,30H. The summed E-state index contributed by atoms with van der Waals surface area (Å²) in [5, 5.41) is 16.6. The van der Waals surface area contributed by atoms with Crippen molar-refractivity contribution in [2.24, 2.45) is 0 Å². The van der Waals surface area contributed by atoms with Crippen molar-refractivity contribution in [1.82, 2.24) is 18.7 Å². The van der Waals surface area contributed by atoms with E-state index in [0.717, 1.165) is 44.4 Å². The first-order chi connectivity index (χ1) is 27.2. The van der Waals surface area contributed by atoms with Crippen LogP contribution in [0.5, 0.6) is 0 Å². The summed E-state index contributed by atoms with van der Waals surface area (Å²) in [6.45, 7) is 7.73. The summed E-state index contributed by atoms with van der Waals surface area (Å²) >= 11 is 0. The molecule has 0 atom stereocenters. The summed E-state index contributed by atoms with van der Waals surface area (Å²) in [7, 11) is 0. The van der Waals surface area contributed by atoms with Crippen LogP contribution in [0.25, 0.3) is 98.6 Å². The molecule has 11 rings (SSSR count). The Hall–Kier alpha value is -7.93. The van der Waals surface area contributed by atoms with E-state index in [9.17, 15) is 5.26 Å². The molecule has 7 aromatic carbocycles. The Morgan fingerprint density at radius 1 is 0.455 bits per heavy atom. The average Bonchev–Trinajstić information content (AvgIpc) is 3.89. The van der Waals surface area contributed by atoms with Crippen LogP contribution in [0.15, 0.2) is 170 Å². The predicted molar refractivity (Wildman–Crippen MR) is 224 cm³/mol. The van der Waals surface area contributed by atoms with Gasteiger partial charge < -0.3 is 13.7 Å². The molecule has 11 aromatic rings. The van der Waals surface area contributed by atoms with Crippen molar-refractivity contribution in [3.63, 3.8) is 0 Å². The van der Waals surface area contributed by atoms with Crippen LogP contribution in [0.1, 0.15) is 5.56 Å². The van der Waals surface area contributed by atoms with E-state index >= 15 is 0 Å². The molecule has 0 amide bonds. The summed E-state index contributed by atoms with van der Waals surface area (Å²) in [6.07, 6.45) is 1.52. The second-order valence-corrected chi connectivity index (χ2v) is 13.8. The number of hydrogen-bond acceptors (Lipinski definition) is 2. The van der Waals surface area contributed by atoms with E-state index in [4.69, 9.17) is 6.57 Å². The zero-order chi connectivity index (χ0) is 36.6. The van der Waals surface area contributed by atoms with Gasteiger partial charge in [0.2, 0.25) is 5.69 Å². The van der Waals surface area contributed by atoms with Crippen LogP contribution in [-0.4, -0.2) is 18.7 Å². The molecule has 0 aliphatic rings. The maximum absolute atomic E-state index is 9.36. The summed E-state index contributed by atoms with van der Waals surface area (Å²) in [5.41, 5.74) is 12.2. The van der Waals surface area contributed by atoms with Gasteiger partial charge in [0.05, 0.1) is 57.0 Å². The molecule has 6 nitrogen and oxygen atoms in total. The van der Waals surface area contributed by atoms with Crippen molar-refractivity contribution in [3.8, 4) is 34.4 Å². The molecule has 4 heterocycles. The van der Waals surface area contributed by atoms with Crippen LogP contribution in [0, 0.1) is 17.9 Å². The monoisotopic (exact) mass is 700 g/mol. The summed E-state index contributed by atoms with van der Waals surface area (Å²) in [6, 6.07) is 60.0. The fourth-order valence-electron chi connectivity index (χ4n) is 8.55. The lowest BCUT2D eigenvalue weighted by Gasteiger charge is -2.12. The number of para-hydroxylation sites is 4. The normalized spacial score (nSPS) is 11.6. The van der Waals surface area contributed by atoms with Crippen LogP contribution in [0.3, 0.4) is 0 Å². The van der Waals surface area contributed by atoms with Gasteiger partial charge in [-0.25, -0.2) is 4.85 Å². The topological polar surface area (TPSA) is 55.8 Å². The van der Waals surface area contributed by atoms with Crippen LogP contribution in [-0.2, 0) is 0 Å². The van der Waals surface area contributed by atoms with Crippen molar-refractivity contribution in [3.05, 3.63) is 187 Å². The Morgan fingerprint density at radius 3 is 1.29 bits per heavy atom. The molecule has 0 fully saturated rings. The Bertz CT molecular complexity index is 3180. The molecule has 0 spiro atoms. The quantitative estimate of drug-likeness (QED) is 0.172. The van der Waals surface area contributed by atoms with Crippen LogP contribution >= 0.6 is 0 Å². The van der Waals surface area contributed by atoms with Crippen molar-refractivity contribution in [2.75, 3.05) is 0 Å². The van der Waals surface area contributed by atoms with E-state index in [2.05, 4.69) is 175 Å². The fraction of sp³-hybridized carbons (Fsp3) is 0. The highest BCUT2D eigenvalue weighted by molar-refractivity contribution is 6.14. The van der Waals surface area contributed by atoms with Gasteiger partial charge in [0.25, 0.3) is 0 Å². The Labute approximate surface area is 315 Å². The van der Waals surface area contributed by atoms with Crippen LogP contribution in [0.4, 0.5) is 5.69 Å². The molecule has 0 unspecified atom stereocenters. The molecule has 55 heavy (non-hydrogen) atoms. The zero-order valence-electron chi connectivity index (χ0n) is 29.3. The number of nitriles is 1. The molecule has 0 bridgehead atoms. The summed E-state index contributed by atoms with van der Waals surface area (Å²) in [4.78, 5) is 8.16. The number of benzene rings is 7. The fourth-order valence-corrected chi connectivity index (χ4v) is 8.55. The minimum absolute atomic E-state index is 0.360. The molecule has 254 valence electrons. The second kappa shape index (κ2) is 11.8. The molecule has 4 aromatic heterocycles. The predicted octanol–water partition coefficient (Wildman–Crippen LogP) is 12.5. The lowest BCUT2D eigenvalue weighted by Crippen LogP contribution is -1.96. The zero-order valence-corrected chi connectivity index (χ0v) is 29.3. The highest BCUT2D eigenvalue weighted by Crippen LogP contribution is 2.40. The lowest BCUT2D eigenvalue weighted by atomic mass is 10.1. The Kier molecular flexibility index (Phi) is 6.58. The van der Waals surface area contributed by atoms with Crippen molar-refractivity contribution < 1.29 is 0 Å². The van der Waals surface area contributed by atoms with E-state index in [1.807, 2.05) is 12.1 Å². The third-order valence-corrected chi connectivity index (χ3v) is 10.9. The lowest BCUT2D eigenvalue weighted by molar-refractivity contribution is 1.16. The van der Waals surface area contributed by atoms with Gasteiger partial charge in [0.15, 0.2) is 0 Å². The molecule has 0 aliphatic heterocycles. The Balaban J connectivity index is 1.17. The molecular weight excluding hydrogens is 673 g/mol. The number of nitrogens with zero attached hydrogens (tertiary/aromatic N) is 6. The van der Waals surface area contributed by atoms with Gasteiger partial charge in [0.1, 0.15) is 0 Å². The van der Waals surface area contributed by atoms with Crippen molar-refractivity contribution in [2.45, 2.75) is 0 Å². The molecule has 0 saturated heterocycles. The summed E-state index contributed by atoms with van der Waals surface area (Å²) in [5.74, 6) is 0. The maximum atomic E-state index is 9.36. The van der Waals surface area contributed by atoms with E-state index in [0.29, 0.717) is 16.9 Å².